The Morgan fingerprint density at radius 1 is 1.06 bits per heavy atom. The molecule has 0 heterocycles. The fourth-order valence-electron chi connectivity index (χ4n) is 1.73. The van der Waals surface area contributed by atoms with Gasteiger partial charge in [-0.2, -0.15) is 0 Å². The van der Waals surface area contributed by atoms with Crippen LogP contribution in [0, 0.1) is 12.7 Å². The zero-order valence-electron chi connectivity index (χ0n) is 9.33. The van der Waals surface area contributed by atoms with Crippen molar-refractivity contribution in [1.29, 1.82) is 0 Å². The molecule has 0 radical (unpaired) electrons. The van der Waals surface area contributed by atoms with E-state index in [1.807, 2.05) is 37.3 Å². The van der Waals surface area contributed by atoms with Gasteiger partial charge in [0.05, 0.1) is 7.11 Å². The van der Waals surface area contributed by atoms with E-state index in [0.29, 0.717) is 0 Å². The van der Waals surface area contributed by atoms with Crippen LogP contribution in [0.1, 0.15) is 5.56 Å². The monoisotopic (exact) mass is 216 g/mol. The minimum atomic E-state index is -0.330. The fourth-order valence-corrected chi connectivity index (χ4v) is 1.73. The maximum Gasteiger partial charge on any atom is 0.165 e. The zero-order valence-corrected chi connectivity index (χ0v) is 9.33. The molecule has 0 saturated heterocycles. The Balaban J connectivity index is 2.50. The van der Waals surface area contributed by atoms with E-state index in [4.69, 9.17) is 4.74 Å². The number of hydrogen-bond acceptors (Lipinski definition) is 1. The topological polar surface area (TPSA) is 9.23 Å². The molecule has 0 atom stereocenters. The summed E-state index contributed by atoms with van der Waals surface area (Å²) in [6.07, 6.45) is 0. The summed E-state index contributed by atoms with van der Waals surface area (Å²) in [4.78, 5) is 0. The smallest absolute Gasteiger partial charge is 0.165 e. The molecule has 0 fully saturated rings. The molecule has 16 heavy (non-hydrogen) atoms. The first-order valence-electron chi connectivity index (χ1n) is 5.12. The van der Waals surface area contributed by atoms with Crippen molar-refractivity contribution < 1.29 is 9.13 Å². The molecule has 0 aromatic heterocycles. The molecule has 2 rings (SSSR count). The molecule has 82 valence electrons. The highest BCUT2D eigenvalue weighted by Gasteiger charge is 2.06. The van der Waals surface area contributed by atoms with Gasteiger partial charge in [0.25, 0.3) is 0 Å². The Kier molecular flexibility index (Phi) is 2.91. The summed E-state index contributed by atoms with van der Waals surface area (Å²) in [7, 11) is 1.46. The van der Waals surface area contributed by atoms with Crippen LogP contribution in [0.4, 0.5) is 4.39 Å². The van der Waals surface area contributed by atoms with Crippen molar-refractivity contribution >= 4 is 0 Å². The fraction of sp³-hybridized carbons (Fsp3) is 0.143. The average molecular weight is 216 g/mol. The van der Waals surface area contributed by atoms with Crippen LogP contribution in [0.5, 0.6) is 5.75 Å². The quantitative estimate of drug-likeness (QED) is 0.741. The van der Waals surface area contributed by atoms with Crippen LogP contribution < -0.4 is 4.74 Å². The van der Waals surface area contributed by atoms with Gasteiger partial charge in [-0.15, -0.1) is 0 Å². The van der Waals surface area contributed by atoms with Crippen LogP contribution in [0.25, 0.3) is 11.1 Å². The van der Waals surface area contributed by atoms with Gasteiger partial charge in [-0.1, -0.05) is 30.3 Å². The summed E-state index contributed by atoms with van der Waals surface area (Å²) < 4.78 is 18.4. The molecule has 0 amide bonds. The van der Waals surface area contributed by atoms with Crippen molar-refractivity contribution in [2.45, 2.75) is 6.92 Å². The Labute approximate surface area is 94.5 Å². The third kappa shape index (κ3) is 1.91. The minimum Gasteiger partial charge on any atom is -0.494 e. The minimum absolute atomic E-state index is 0.275. The number of hydrogen-bond donors (Lipinski definition) is 0. The molecule has 1 nitrogen and oxygen atoms in total. The van der Waals surface area contributed by atoms with Crippen molar-refractivity contribution in [2.75, 3.05) is 7.11 Å². The lowest BCUT2D eigenvalue weighted by atomic mass is 10.0. The van der Waals surface area contributed by atoms with Crippen LogP contribution in [0.15, 0.2) is 42.5 Å². The van der Waals surface area contributed by atoms with E-state index in [2.05, 4.69) is 0 Å². The van der Waals surface area contributed by atoms with E-state index < -0.39 is 0 Å². The largest absolute Gasteiger partial charge is 0.494 e. The number of benzene rings is 2. The number of aryl methyl sites for hydroxylation is 1. The van der Waals surface area contributed by atoms with E-state index in [1.165, 1.54) is 13.2 Å². The van der Waals surface area contributed by atoms with E-state index in [1.54, 1.807) is 6.07 Å². The lowest BCUT2D eigenvalue weighted by Crippen LogP contribution is -1.89. The molecule has 0 aliphatic heterocycles. The summed E-state index contributed by atoms with van der Waals surface area (Å²) in [6, 6.07) is 12.9. The van der Waals surface area contributed by atoms with Gasteiger partial charge >= 0.3 is 0 Å². The van der Waals surface area contributed by atoms with Gasteiger partial charge in [-0.25, -0.2) is 4.39 Å². The first-order valence-corrected chi connectivity index (χ1v) is 5.12. The molecule has 2 aromatic rings. The molecule has 0 N–H and O–H groups in total. The molecule has 0 bridgehead atoms. The second kappa shape index (κ2) is 4.35. The lowest BCUT2D eigenvalue weighted by Gasteiger charge is -2.07. The van der Waals surface area contributed by atoms with Crippen LogP contribution in [0.3, 0.4) is 0 Å². The third-order valence-corrected chi connectivity index (χ3v) is 2.61. The predicted molar refractivity (Wildman–Crippen MR) is 63.1 cm³/mol. The highest BCUT2D eigenvalue weighted by atomic mass is 19.1. The van der Waals surface area contributed by atoms with Crippen molar-refractivity contribution in [3.8, 4) is 16.9 Å². The van der Waals surface area contributed by atoms with Gasteiger partial charge in [-0.05, 0) is 35.7 Å². The molecular weight excluding hydrogens is 203 g/mol. The van der Waals surface area contributed by atoms with Gasteiger partial charge in [0.2, 0.25) is 0 Å². The van der Waals surface area contributed by atoms with Crippen molar-refractivity contribution in [3.63, 3.8) is 0 Å². The summed E-state index contributed by atoms with van der Waals surface area (Å²) in [6.45, 7) is 2.01. The van der Waals surface area contributed by atoms with Gasteiger partial charge in [0, 0.05) is 0 Å². The average Bonchev–Trinajstić information content (AvgIpc) is 2.29. The first-order chi connectivity index (χ1) is 7.72. The van der Waals surface area contributed by atoms with Crippen molar-refractivity contribution in [1.82, 2.24) is 0 Å². The van der Waals surface area contributed by atoms with Crippen molar-refractivity contribution in [3.05, 3.63) is 53.8 Å². The highest BCUT2D eigenvalue weighted by molar-refractivity contribution is 5.67. The summed E-state index contributed by atoms with van der Waals surface area (Å²) in [5.41, 5.74) is 3.05. The molecule has 0 aliphatic rings. The normalized spacial score (nSPS) is 10.2. The molecule has 0 spiro atoms. The SMILES string of the molecule is COc1ccc(-c2ccccc2C)cc1F. The van der Waals surface area contributed by atoms with Gasteiger partial charge in [0.1, 0.15) is 0 Å². The molecular formula is C14H13FO. The maximum atomic E-state index is 13.5. The summed E-state index contributed by atoms with van der Waals surface area (Å²) >= 11 is 0. The predicted octanol–water partition coefficient (Wildman–Crippen LogP) is 3.81. The standard InChI is InChI=1S/C14H13FO/c1-10-5-3-4-6-12(10)11-7-8-14(16-2)13(15)9-11/h3-9H,1-2H3. The third-order valence-electron chi connectivity index (χ3n) is 2.61. The van der Waals surface area contributed by atoms with Gasteiger partial charge in [0.15, 0.2) is 11.6 Å². The Morgan fingerprint density at radius 3 is 2.44 bits per heavy atom. The Bertz CT molecular complexity index is 506. The number of methoxy groups -OCH3 is 1. The lowest BCUT2D eigenvalue weighted by molar-refractivity contribution is 0.386. The van der Waals surface area contributed by atoms with Gasteiger partial charge < -0.3 is 4.74 Å². The zero-order chi connectivity index (χ0) is 11.5. The van der Waals surface area contributed by atoms with Crippen molar-refractivity contribution in [2.24, 2.45) is 0 Å². The molecule has 2 heteroatoms. The van der Waals surface area contributed by atoms with Crippen LogP contribution in [-0.2, 0) is 0 Å². The summed E-state index contributed by atoms with van der Waals surface area (Å²) in [5, 5.41) is 0. The molecule has 0 unspecified atom stereocenters. The Morgan fingerprint density at radius 2 is 1.81 bits per heavy atom. The second-order valence-corrected chi connectivity index (χ2v) is 3.66. The first kappa shape index (κ1) is 10.7. The van der Waals surface area contributed by atoms with Crippen LogP contribution >= 0.6 is 0 Å². The second-order valence-electron chi connectivity index (χ2n) is 3.66. The number of halogens is 1. The van der Waals surface area contributed by atoms with E-state index in [-0.39, 0.29) is 11.6 Å². The van der Waals surface area contributed by atoms with E-state index >= 15 is 0 Å². The Hall–Kier alpha value is -1.83. The van der Waals surface area contributed by atoms with Crippen LogP contribution in [-0.4, -0.2) is 7.11 Å². The van der Waals surface area contributed by atoms with E-state index in [9.17, 15) is 4.39 Å². The summed E-state index contributed by atoms with van der Waals surface area (Å²) in [5.74, 6) is -0.0550. The van der Waals surface area contributed by atoms with Gasteiger partial charge in [-0.3, -0.25) is 0 Å². The molecule has 0 aliphatic carbocycles. The number of rotatable bonds is 2. The highest BCUT2D eigenvalue weighted by Crippen LogP contribution is 2.27. The van der Waals surface area contributed by atoms with E-state index in [0.717, 1.165) is 16.7 Å². The maximum absolute atomic E-state index is 13.5. The number of ether oxygens (including phenoxy) is 1. The molecule has 0 saturated carbocycles. The molecule has 2 aromatic carbocycles. The van der Waals surface area contributed by atoms with Crippen LogP contribution in [0.2, 0.25) is 0 Å².